The summed E-state index contributed by atoms with van der Waals surface area (Å²) in [6.45, 7) is 1.94. The molecule has 2 aromatic carbocycles. The van der Waals surface area contributed by atoms with Crippen molar-refractivity contribution in [1.82, 2.24) is 0 Å². The van der Waals surface area contributed by atoms with Crippen LogP contribution in [0.3, 0.4) is 0 Å². The molecule has 102 valence electrons. The van der Waals surface area contributed by atoms with Gasteiger partial charge in [-0.15, -0.1) is 0 Å². The topological polar surface area (TPSA) is 41.1 Å². The van der Waals surface area contributed by atoms with Crippen LogP contribution in [-0.4, -0.2) is 5.91 Å². The standard InChI is InChI=1S/C15H12Cl2N2O/c1-8-6-9(16)2-4-12(8)18-14-11-7-10(17)3-5-13(11)19-15(14)20/h2-7,14,18H,1H3,(H,19,20). The zero-order valence-corrected chi connectivity index (χ0v) is 12.2. The quantitative estimate of drug-likeness (QED) is 0.863. The van der Waals surface area contributed by atoms with Crippen LogP contribution in [0.15, 0.2) is 36.4 Å². The van der Waals surface area contributed by atoms with Crippen molar-refractivity contribution in [3.05, 3.63) is 57.6 Å². The van der Waals surface area contributed by atoms with E-state index < -0.39 is 6.04 Å². The summed E-state index contributed by atoms with van der Waals surface area (Å²) in [4.78, 5) is 12.1. The van der Waals surface area contributed by atoms with Crippen molar-refractivity contribution >= 4 is 40.5 Å². The lowest BCUT2D eigenvalue weighted by atomic mass is 10.1. The number of amides is 1. The number of aryl methyl sites for hydroxylation is 1. The second kappa shape index (κ2) is 5.00. The zero-order chi connectivity index (χ0) is 14.3. The Morgan fingerprint density at radius 3 is 2.55 bits per heavy atom. The fourth-order valence-electron chi connectivity index (χ4n) is 2.32. The zero-order valence-electron chi connectivity index (χ0n) is 10.7. The van der Waals surface area contributed by atoms with Gasteiger partial charge in [0, 0.05) is 27.0 Å². The molecule has 1 amide bonds. The fourth-order valence-corrected chi connectivity index (χ4v) is 2.73. The number of nitrogens with one attached hydrogen (secondary N) is 2. The van der Waals surface area contributed by atoms with E-state index >= 15 is 0 Å². The fraction of sp³-hybridized carbons (Fsp3) is 0.133. The van der Waals surface area contributed by atoms with E-state index in [1.54, 1.807) is 18.2 Å². The monoisotopic (exact) mass is 306 g/mol. The van der Waals surface area contributed by atoms with Crippen molar-refractivity contribution in [2.24, 2.45) is 0 Å². The number of rotatable bonds is 2. The third kappa shape index (κ3) is 2.35. The predicted octanol–water partition coefficient (Wildman–Crippen LogP) is 4.41. The van der Waals surface area contributed by atoms with Crippen molar-refractivity contribution in [2.75, 3.05) is 10.6 Å². The van der Waals surface area contributed by atoms with Gasteiger partial charge in [0.1, 0.15) is 6.04 Å². The van der Waals surface area contributed by atoms with Crippen molar-refractivity contribution in [3.63, 3.8) is 0 Å². The molecule has 5 heteroatoms. The van der Waals surface area contributed by atoms with Gasteiger partial charge >= 0.3 is 0 Å². The molecular formula is C15H12Cl2N2O. The van der Waals surface area contributed by atoms with Crippen molar-refractivity contribution in [1.29, 1.82) is 0 Å². The highest BCUT2D eigenvalue weighted by Gasteiger charge is 2.30. The Morgan fingerprint density at radius 1 is 1.10 bits per heavy atom. The van der Waals surface area contributed by atoms with Gasteiger partial charge in [0.05, 0.1) is 0 Å². The molecule has 0 radical (unpaired) electrons. The molecule has 0 saturated carbocycles. The molecule has 3 rings (SSSR count). The normalized spacial score (nSPS) is 16.8. The molecule has 0 saturated heterocycles. The molecule has 0 aliphatic carbocycles. The van der Waals surface area contributed by atoms with E-state index in [0.717, 1.165) is 22.5 Å². The van der Waals surface area contributed by atoms with Crippen molar-refractivity contribution in [3.8, 4) is 0 Å². The van der Waals surface area contributed by atoms with Crippen LogP contribution in [0.4, 0.5) is 11.4 Å². The van der Waals surface area contributed by atoms with Crippen LogP contribution in [0.25, 0.3) is 0 Å². The number of hydrogen-bond acceptors (Lipinski definition) is 2. The molecule has 2 aromatic rings. The molecule has 1 unspecified atom stereocenters. The Labute approximate surface area is 126 Å². The number of hydrogen-bond donors (Lipinski definition) is 2. The maximum Gasteiger partial charge on any atom is 0.251 e. The number of carbonyl (C=O) groups excluding carboxylic acids is 1. The summed E-state index contributed by atoms with van der Waals surface area (Å²) >= 11 is 11.9. The van der Waals surface area contributed by atoms with E-state index in [4.69, 9.17) is 23.2 Å². The first-order valence-electron chi connectivity index (χ1n) is 6.17. The number of carbonyl (C=O) groups is 1. The van der Waals surface area contributed by atoms with E-state index in [1.807, 2.05) is 25.1 Å². The summed E-state index contributed by atoms with van der Waals surface area (Å²) < 4.78 is 0. The lowest BCUT2D eigenvalue weighted by Crippen LogP contribution is -2.20. The highest BCUT2D eigenvalue weighted by Crippen LogP contribution is 2.35. The van der Waals surface area contributed by atoms with Gasteiger partial charge in [-0.2, -0.15) is 0 Å². The van der Waals surface area contributed by atoms with E-state index in [1.165, 1.54) is 0 Å². The highest BCUT2D eigenvalue weighted by molar-refractivity contribution is 6.31. The first-order valence-corrected chi connectivity index (χ1v) is 6.93. The molecular weight excluding hydrogens is 295 g/mol. The molecule has 1 heterocycles. The molecule has 20 heavy (non-hydrogen) atoms. The van der Waals surface area contributed by atoms with Crippen LogP contribution in [0.5, 0.6) is 0 Å². The number of benzene rings is 2. The lowest BCUT2D eigenvalue weighted by Gasteiger charge is -2.15. The number of fused-ring (bicyclic) bond motifs is 1. The van der Waals surface area contributed by atoms with Crippen LogP contribution >= 0.6 is 23.2 Å². The largest absolute Gasteiger partial charge is 0.370 e. The van der Waals surface area contributed by atoms with Crippen LogP contribution in [-0.2, 0) is 4.79 Å². The average Bonchev–Trinajstić information content (AvgIpc) is 2.69. The maximum absolute atomic E-state index is 12.1. The molecule has 0 aromatic heterocycles. The molecule has 1 aliphatic rings. The van der Waals surface area contributed by atoms with E-state index in [0.29, 0.717) is 10.0 Å². The number of anilines is 2. The van der Waals surface area contributed by atoms with Gasteiger partial charge in [0.2, 0.25) is 0 Å². The molecule has 1 atom stereocenters. The molecule has 3 nitrogen and oxygen atoms in total. The van der Waals surface area contributed by atoms with Crippen LogP contribution in [0.1, 0.15) is 17.2 Å². The van der Waals surface area contributed by atoms with Crippen molar-refractivity contribution < 1.29 is 4.79 Å². The van der Waals surface area contributed by atoms with Gasteiger partial charge in [0.25, 0.3) is 5.91 Å². The summed E-state index contributed by atoms with van der Waals surface area (Å²) in [6.07, 6.45) is 0. The summed E-state index contributed by atoms with van der Waals surface area (Å²) in [6, 6.07) is 10.5. The Morgan fingerprint density at radius 2 is 1.80 bits per heavy atom. The van der Waals surface area contributed by atoms with E-state index in [-0.39, 0.29) is 5.91 Å². The Kier molecular flexibility index (Phi) is 3.32. The van der Waals surface area contributed by atoms with Gasteiger partial charge in [-0.3, -0.25) is 4.79 Å². The second-order valence-electron chi connectivity index (χ2n) is 4.76. The van der Waals surface area contributed by atoms with Crippen molar-refractivity contribution in [2.45, 2.75) is 13.0 Å². The average molecular weight is 307 g/mol. The van der Waals surface area contributed by atoms with Crippen LogP contribution in [0, 0.1) is 6.92 Å². The van der Waals surface area contributed by atoms with E-state index in [2.05, 4.69) is 10.6 Å². The summed E-state index contributed by atoms with van der Waals surface area (Å²) in [5.74, 6) is -0.0865. The van der Waals surface area contributed by atoms with Gasteiger partial charge < -0.3 is 10.6 Å². The first-order chi connectivity index (χ1) is 9.54. The Balaban J connectivity index is 1.95. The molecule has 2 N–H and O–H groups in total. The van der Waals surface area contributed by atoms with Crippen LogP contribution in [0.2, 0.25) is 10.0 Å². The van der Waals surface area contributed by atoms with Crippen LogP contribution < -0.4 is 10.6 Å². The van der Waals surface area contributed by atoms with Gasteiger partial charge in [-0.1, -0.05) is 23.2 Å². The second-order valence-corrected chi connectivity index (χ2v) is 5.63. The Hall–Kier alpha value is -1.71. The molecule has 1 aliphatic heterocycles. The summed E-state index contributed by atoms with van der Waals surface area (Å²) in [7, 11) is 0. The minimum absolute atomic E-state index is 0.0865. The Bertz CT molecular complexity index is 700. The van der Waals surface area contributed by atoms with E-state index in [9.17, 15) is 4.79 Å². The third-order valence-electron chi connectivity index (χ3n) is 3.33. The highest BCUT2D eigenvalue weighted by atomic mass is 35.5. The molecule has 0 bridgehead atoms. The predicted molar refractivity (Wildman–Crippen MR) is 82.6 cm³/mol. The summed E-state index contributed by atoms with van der Waals surface area (Å²) in [5.41, 5.74) is 3.52. The van der Waals surface area contributed by atoms with Gasteiger partial charge in [-0.25, -0.2) is 0 Å². The smallest absolute Gasteiger partial charge is 0.251 e. The summed E-state index contributed by atoms with van der Waals surface area (Å²) in [5, 5.41) is 7.36. The van der Waals surface area contributed by atoms with Gasteiger partial charge in [-0.05, 0) is 48.9 Å². The van der Waals surface area contributed by atoms with Gasteiger partial charge in [0.15, 0.2) is 0 Å². The maximum atomic E-state index is 12.1. The first kappa shape index (κ1) is 13.3. The lowest BCUT2D eigenvalue weighted by molar-refractivity contribution is -0.116. The minimum atomic E-state index is -0.441. The molecule has 0 fully saturated rings. The SMILES string of the molecule is Cc1cc(Cl)ccc1NC1C(=O)Nc2ccc(Cl)cc21. The molecule has 0 spiro atoms. The third-order valence-corrected chi connectivity index (χ3v) is 3.80. The minimum Gasteiger partial charge on any atom is -0.370 e. The number of halogens is 2.